The van der Waals surface area contributed by atoms with Crippen LogP contribution in [0.3, 0.4) is 0 Å². The molecule has 1 amide bonds. The molecule has 3 aromatic rings. The third-order valence-electron chi connectivity index (χ3n) is 4.25. The van der Waals surface area contributed by atoms with Gasteiger partial charge in [-0.25, -0.2) is 4.68 Å². The second-order valence-corrected chi connectivity index (χ2v) is 8.75. The van der Waals surface area contributed by atoms with Crippen LogP contribution in [-0.4, -0.2) is 27.8 Å². The number of amides is 1. The minimum absolute atomic E-state index is 0. The van der Waals surface area contributed by atoms with Crippen molar-refractivity contribution in [2.45, 2.75) is 26.3 Å². The van der Waals surface area contributed by atoms with Crippen LogP contribution in [0.4, 0.5) is 5.69 Å². The van der Waals surface area contributed by atoms with Gasteiger partial charge in [0.2, 0.25) is 0 Å². The van der Waals surface area contributed by atoms with Crippen molar-refractivity contribution in [1.29, 1.82) is 0 Å². The summed E-state index contributed by atoms with van der Waals surface area (Å²) in [5.41, 5.74) is 14.3. The number of benzene rings is 2. The maximum atomic E-state index is 12.9. The molecule has 2 aromatic carbocycles. The molecule has 1 heterocycles. The number of anilines is 1. The smallest absolute Gasteiger partial charge is 0.274 e. The molecule has 0 saturated carbocycles. The van der Waals surface area contributed by atoms with E-state index in [0.29, 0.717) is 21.4 Å². The molecule has 0 unspecified atom stereocenters. The van der Waals surface area contributed by atoms with Gasteiger partial charge in [-0.05, 0) is 51.1 Å². The highest BCUT2D eigenvalue weighted by Crippen LogP contribution is 2.34. The van der Waals surface area contributed by atoms with E-state index in [4.69, 9.17) is 34.7 Å². The molecule has 1 aromatic heterocycles. The Kier molecular flexibility index (Phi) is 10.1. The molecule has 0 aliphatic rings. The van der Waals surface area contributed by atoms with Gasteiger partial charge in [-0.2, -0.15) is 5.10 Å². The molecule has 0 saturated heterocycles. The highest BCUT2D eigenvalue weighted by Gasteiger charge is 2.26. The molecule has 5 N–H and O–H groups in total. The van der Waals surface area contributed by atoms with Gasteiger partial charge in [-0.3, -0.25) is 4.79 Å². The van der Waals surface area contributed by atoms with Crippen LogP contribution < -0.4 is 16.8 Å². The van der Waals surface area contributed by atoms with Gasteiger partial charge in [0, 0.05) is 21.7 Å². The van der Waals surface area contributed by atoms with E-state index in [1.54, 1.807) is 28.9 Å². The zero-order chi connectivity index (χ0) is 22.8. The van der Waals surface area contributed by atoms with Crippen molar-refractivity contribution < 1.29 is 4.79 Å². The average molecular weight is 529 g/mol. The number of rotatable bonds is 3. The van der Waals surface area contributed by atoms with E-state index in [-0.39, 0.29) is 48.6 Å². The number of nitrogens with zero attached hydrogens (tertiary/aromatic N) is 2. The molecule has 3 rings (SSSR count). The molecular formula is C23H25Cl4N5O. The van der Waals surface area contributed by atoms with Crippen molar-refractivity contribution in [3.05, 3.63) is 63.8 Å². The zero-order valence-corrected chi connectivity index (χ0v) is 21.4. The predicted octanol–water partition coefficient (Wildman–Crippen LogP) is 5.11. The first-order valence-corrected chi connectivity index (χ1v) is 10.3. The summed E-state index contributed by atoms with van der Waals surface area (Å²) in [4.78, 5) is 12.9. The summed E-state index contributed by atoms with van der Waals surface area (Å²) in [5.74, 6) is 5.36. The highest BCUT2D eigenvalue weighted by molar-refractivity contribution is 6.32. The van der Waals surface area contributed by atoms with E-state index in [1.165, 1.54) is 0 Å². The van der Waals surface area contributed by atoms with Crippen LogP contribution in [0.15, 0.2) is 42.5 Å². The first kappa shape index (κ1) is 28.6. The van der Waals surface area contributed by atoms with Crippen LogP contribution in [-0.2, 0) is 0 Å². The van der Waals surface area contributed by atoms with Crippen LogP contribution in [0.1, 0.15) is 36.8 Å². The lowest BCUT2D eigenvalue weighted by atomic mass is 10.1. The maximum Gasteiger partial charge on any atom is 0.274 e. The van der Waals surface area contributed by atoms with Gasteiger partial charge in [0.05, 0.1) is 28.6 Å². The van der Waals surface area contributed by atoms with Gasteiger partial charge in [-0.1, -0.05) is 47.2 Å². The Morgan fingerprint density at radius 1 is 1.12 bits per heavy atom. The van der Waals surface area contributed by atoms with Gasteiger partial charge in [-0.15, -0.1) is 24.8 Å². The van der Waals surface area contributed by atoms with Crippen molar-refractivity contribution in [3.63, 3.8) is 0 Å². The van der Waals surface area contributed by atoms with Gasteiger partial charge in [0.15, 0.2) is 5.69 Å². The van der Waals surface area contributed by atoms with Crippen molar-refractivity contribution in [2.24, 2.45) is 5.73 Å². The van der Waals surface area contributed by atoms with E-state index >= 15 is 0 Å². The van der Waals surface area contributed by atoms with E-state index in [0.717, 1.165) is 11.1 Å². The first-order valence-electron chi connectivity index (χ1n) is 9.56. The number of hydrogen-bond donors (Lipinski definition) is 3. The third kappa shape index (κ3) is 6.80. The SMILES string of the molecule is CC(C)(C)NC(=O)c1nn(-c2ccc(C#CCN)cc2Cl)c(-c2ccc(Cl)cc2)c1N.Cl.Cl. The normalized spacial score (nSPS) is 10.4. The number of hydrogen-bond acceptors (Lipinski definition) is 4. The number of halogens is 4. The van der Waals surface area contributed by atoms with Crippen LogP contribution >= 0.6 is 48.0 Å². The van der Waals surface area contributed by atoms with Crippen molar-refractivity contribution in [2.75, 3.05) is 12.3 Å². The molecule has 0 atom stereocenters. The minimum atomic E-state index is -0.450. The molecule has 0 spiro atoms. The van der Waals surface area contributed by atoms with Gasteiger partial charge < -0.3 is 16.8 Å². The van der Waals surface area contributed by atoms with Crippen LogP contribution in [0.5, 0.6) is 0 Å². The standard InChI is InChI=1S/C23H23Cl2N5O.2ClH/c1-23(2,3)28-22(31)20-19(27)21(15-7-9-16(24)10-8-15)30(29-20)18-11-6-14(5-4-12-26)13-17(18)25;;/h6-11,13H,12,26-27H2,1-3H3,(H,28,31);2*1H. The van der Waals surface area contributed by atoms with Crippen LogP contribution in [0.2, 0.25) is 10.0 Å². The Morgan fingerprint density at radius 3 is 2.30 bits per heavy atom. The van der Waals surface area contributed by atoms with E-state index in [9.17, 15) is 4.79 Å². The molecular weight excluding hydrogens is 504 g/mol. The Morgan fingerprint density at radius 2 is 1.76 bits per heavy atom. The lowest BCUT2D eigenvalue weighted by Gasteiger charge is -2.19. The Labute approximate surface area is 215 Å². The average Bonchev–Trinajstić information content (AvgIpc) is 3.03. The maximum absolute atomic E-state index is 12.9. The summed E-state index contributed by atoms with van der Waals surface area (Å²) in [6.45, 7) is 5.91. The van der Waals surface area contributed by atoms with E-state index in [2.05, 4.69) is 22.3 Å². The number of carbonyl (C=O) groups is 1. The molecule has 33 heavy (non-hydrogen) atoms. The number of nitrogen functional groups attached to an aromatic ring is 1. The number of carbonyl (C=O) groups excluding carboxylic acids is 1. The summed E-state index contributed by atoms with van der Waals surface area (Å²) >= 11 is 12.6. The number of nitrogens with one attached hydrogen (secondary N) is 1. The lowest BCUT2D eigenvalue weighted by Crippen LogP contribution is -2.41. The molecule has 0 radical (unpaired) electrons. The Hall–Kier alpha value is -2.40. The fourth-order valence-corrected chi connectivity index (χ4v) is 3.35. The summed E-state index contributed by atoms with van der Waals surface area (Å²) in [6, 6.07) is 12.4. The van der Waals surface area contributed by atoms with Gasteiger partial charge in [0.25, 0.3) is 5.91 Å². The Bertz CT molecular complexity index is 1190. The lowest BCUT2D eigenvalue weighted by molar-refractivity contribution is 0.0915. The second kappa shape index (κ2) is 11.6. The molecule has 176 valence electrons. The summed E-state index contributed by atoms with van der Waals surface area (Å²) < 4.78 is 1.57. The largest absolute Gasteiger partial charge is 0.395 e. The fraction of sp³-hybridized carbons (Fsp3) is 0.217. The monoisotopic (exact) mass is 527 g/mol. The second-order valence-electron chi connectivity index (χ2n) is 7.91. The van der Waals surface area contributed by atoms with E-state index < -0.39 is 5.54 Å². The molecule has 10 heteroatoms. The van der Waals surface area contributed by atoms with Crippen molar-refractivity contribution in [1.82, 2.24) is 15.1 Å². The number of aromatic nitrogens is 2. The third-order valence-corrected chi connectivity index (χ3v) is 4.81. The van der Waals surface area contributed by atoms with Crippen molar-refractivity contribution >= 4 is 59.6 Å². The molecule has 0 aliphatic heterocycles. The van der Waals surface area contributed by atoms with Gasteiger partial charge in [0.1, 0.15) is 0 Å². The predicted molar refractivity (Wildman–Crippen MR) is 141 cm³/mol. The van der Waals surface area contributed by atoms with E-state index in [1.807, 2.05) is 39.0 Å². The van der Waals surface area contributed by atoms with Crippen LogP contribution in [0, 0.1) is 11.8 Å². The Balaban J connectivity index is 0.00000272. The first-order chi connectivity index (χ1) is 14.6. The summed E-state index contributed by atoms with van der Waals surface area (Å²) in [5, 5.41) is 8.41. The zero-order valence-electron chi connectivity index (χ0n) is 18.3. The molecule has 0 fully saturated rings. The summed E-state index contributed by atoms with van der Waals surface area (Å²) in [7, 11) is 0. The number of nitrogens with two attached hydrogens (primary N) is 2. The summed E-state index contributed by atoms with van der Waals surface area (Å²) in [6.07, 6.45) is 0. The van der Waals surface area contributed by atoms with Gasteiger partial charge >= 0.3 is 0 Å². The molecule has 6 nitrogen and oxygen atoms in total. The fourth-order valence-electron chi connectivity index (χ4n) is 2.97. The quantitative estimate of drug-likeness (QED) is 0.411. The topological polar surface area (TPSA) is 99.0 Å². The van der Waals surface area contributed by atoms with Crippen molar-refractivity contribution in [3.8, 4) is 28.8 Å². The highest BCUT2D eigenvalue weighted by atomic mass is 35.5. The molecule has 0 aliphatic carbocycles. The molecule has 0 bridgehead atoms. The van der Waals surface area contributed by atoms with Crippen LogP contribution in [0.25, 0.3) is 16.9 Å². The minimum Gasteiger partial charge on any atom is -0.395 e.